The van der Waals surface area contributed by atoms with Gasteiger partial charge >= 0.3 is 0 Å². The van der Waals surface area contributed by atoms with Gasteiger partial charge in [0.15, 0.2) is 6.61 Å². The summed E-state index contributed by atoms with van der Waals surface area (Å²) in [6.07, 6.45) is 6.41. The number of nitrogens with zero attached hydrogens (tertiary/aromatic N) is 1. The average Bonchev–Trinajstić information content (AvgIpc) is 2.56. The van der Waals surface area contributed by atoms with Crippen LogP contribution in [0.2, 0.25) is 0 Å². The summed E-state index contributed by atoms with van der Waals surface area (Å²) < 4.78 is 0. The number of benzene rings is 1. The predicted octanol–water partition coefficient (Wildman–Crippen LogP) is 4.24. The van der Waals surface area contributed by atoms with E-state index < -0.39 is 0 Å². The minimum atomic E-state index is -0.192. The highest BCUT2D eigenvalue weighted by molar-refractivity contribution is 5.92. The largest absolute Gasteiger partial charge is 0.386 e. The standard InChI is InChI=1S/C20H26N2O2/c1-13-6-5-7-18(14(13)2)22-19(23)12-24-21-11-15-8-9-16-10-17(15)20(16,3)4/h5-8,11,16-17H,9-10,12H2,1-4H3,(H,22,23)/b21-11+. The molecule has 4 heteroatoms. The Hall–Kier alpha value is -2.10. The van der Waals surface area contributed by atoms with Crippen molar-refractivity contribution >= 4 is 17.8 Å². The van der Waals surface area contributed by atoms with Crippen LogP contribution in [0.4, 0.5) is 5.69 Å². The fraction of sp³-hybridized carbons (Fsp3) is 0.500. The van der Waals surface area contributed by atoms with Crippen LogP contribution in [0.15, 0.2) is 35.0 Å². The number of rotatable bonds is 5. The third-order valence-electron chi connectivity index (χ3n) is 5.86. The number of nitrogens with one attached hydrogen (secondary N) is 1. The van der Waals surface area contributed by atoms with Crippen LogP contribution in [0.3, 0.4) is 0 Å². The summed E-state index contributed by atoms with van der Waals surface area (Å²) >= 11 is 0. The third kappa shape index (κ3) is 3.10. The number of anilines is 1. The van der Waals surface area contributed by atoms with Crippen molar-refractivity contribution in [2.75, 3.05) is 11.9 Å². The van der Waals surface area contributed by atoms with Crippen LogP contribution in [0.1, 0.15) is 37.8 Å². The van der Waals surface area contributed by atoms with E-state index in [1.807, 2.05) is 32.0 Å². The van der Waals surface area contributed by atoms with E-state index in [0.29, 0.717) is 11.3 Å². The molecule has 4 nitrogen and oxygen atoms in total. The number of fused-ring (bicyclic) bond motifs is 1. The van der Waals surface area contributed by atoms with Gasteiger partial charge < -0.3 is 10.2 Å². The number of oxime groups is 1. The number of hydrogen-bond donors (Lipinski definition) is 1. The smallest absolute Gasteiger partial charge is 0.265 e. The van der Waals surface area contributed by atoms with Gasteiger partial charge in [-0.25, -0.2) is 0 Å². The molecule has 128 valence electrons. The van der Waals surface area contributed by atoms with Crippen molar-refractivity contribution in [3.05, 3.63) is 41.0 Å². The normalized spacial score (nSPS) is 24.2. The molecule has 0 radical (unpaired) electrons. The summed E-state index contributed by atoms with van der Waals surface area (Å²) in [6.45, 7) is 8.59. The van der Waals surface area contributed by atoms with Gasteiger partial charge in [0.1, 0.15) is 0 Å². The summed E-state index contributed by atoms with van der Waals surface area (Å²) in [7, 11) is 0. The second-order valence-corrected chi connectivity index (χ2v) is 7.55. The Morgan fingerprint density at radius 1 is 1.42 bits per heavy atom. The van der Waals surface area contributed by atoms with Gasteiger partial charge in [0, 0.05) is 5.69 Å². The van der Waals surface area contributed by atoms with Gasteiger partial charge in [-0.15, -0.1) is 0 Å². The average molecular weight is 326 g/mol. The lowest BCUT2D eigenvalue weighted by Crippen LogP contribution is -2.48. The van der Waals surface area contributed by atoms with Crippen molar-refractivity contribution in [1.29, 1.82) is 0 Å². The molecule has 4 rings (SSSR count). The summed E-state index contributed by atoms with van der Waals surface area (Å²) in [5.41, 5.74) is 4.67. The van der Waals surface area contributed by atoms with Crippen LogP contribution in [0.25, 0.3) is 0 Å². The molecular weight excluding hydrogens is 300 g/mol. The third-order valence-corrected chi connectivity index (χ3v) is 5.86. The first-order valence-electron chi connectivity index (χ1n) is 8.61. The second-order valence-electron chi connectivity index (χ2n) is 7.55. The van der Waals surface area contributed by atoms with Crippen molar-refractivity contribution in [2.45, 2.75) is 40.5 Å². The molecule has 0 aromatic heterocycles. The molecule has 2 unspecified atom stereocenters. The predicted molar refractivity (Wildman–Crippen MR) is 97.1 cm³/mol. The Balaban J connectivity index is 1.49. The first-order chi connectivity index (χ1) is 11.4. The van der Waals surface area contributed by atoms with Crippen LogP contribution in [-0.4, -0.2) is 18.7 Å². The van der Waals surface area contributed by atoms with Gasteiger partial charge in [-0.1, -0.05) is 37.2 Å². The summed E-state index contributed by atoms with van der Waals surface area (Å²) in [4.78, 5) is 17.2. The van der Waals surface area contributed by atoms with Crippen LogP contribution >= 0.6 is 0 Å². The second kappa shape index (κ2) is 6.42. The van der Waals surface area contributed by atoms with Crippen LogP contribution < -0.4 is 5.32 Å². The maximum absolute atomic E-state index is 12.0. The van der Waals surface area contributed by atoms with Gasteiger partial charge in [0.05, 0.1) is 6.21 Å². The first-order valence-corrected chi connectivity index (χ1v) is 8.61. The van der Waals surface area contributed by atoms with Crippen molar-refractivity contribution < 1.29 is 9.63 Å². The number of carbonyl (C=O) groups is 1. The molecule has 1 N–H and O–H groups in total. The topological polar surface area (TPSA) is 50.7 Å². The zero-order chi connectivity index (χ0) is 17.3. The van der Waals surface area contributed by atoms with E-state index in [1.165, 1.54) is 12.0 Å². The molecular formula is C20H26N2O2. The van der Waals surface area contributed by atoms with Crippen molar-refractivity contribution in [3.63, 3.8) is 0 Å². The number of allylic oxidation sites excluding steroid dienone is 2. The van der Waals surface area contributed by atoms with Gasteiger partial charge in [0.2, 0.25) is 0 Å². The van der Waals surface area contributed by atoms with Gasteiger partial charge in [0.25, 0.3) is 5.91 Å². The van der Waals surface area contributed by atoms with E-state index in [4.69, 9.17) is 4.84 Å². The highest BCUT2D eigenvalue weighted by Gasteiger charge is 2.50. The minimum absolute atomic E-state index is 0.0755. The van der Waals surface area contributed by atoms with E-state index in [1.54, 1.807) is 6.21 Å². The molecule has 0 aliphatic heterocycles. The molecule has 1 fully saturated rings. The molecule has 0 spiro atoms. The Morgan fingerprint density at radius 3 is 2.92 bits per heavy atom. The Morgan fingerprint density at radius 2 is 2.21 bits per heavy atom. The molecule has 3 aliphatic rings. The van der Waals surface area contributed by atoms with Gasteiger partial charge in [-0.3, -0.25) is 4.79 Å². The van der Waals surface area contributed by atoms with E-state index in [-0.39, 0.29) is 12.5 Å². The number of aryl methyl sites for hydroxylation is 1. The molecule has 0 saturated heterocycles. The Labute approximate surface area is 144 Å². The summed E-state index contributed by atoms with van der Waals surface area (Å²) in [5, 5.41) is 6.87. The van der Waals surface area contributed by atoms with Crippen molar-refractivity contribution in [3.8, 4) is 0 Å². The van der Waals surface area contributed by atoms with Crippen molar-refractivity contribution in [1.82, 2.24) is 0 Å². The zero-order valence-corrected chi connectivity index (χ0v) is 14.9. The monoisotopic (exact) mass is 326 g/mol. The lowest BCUT2D eigenvalue weighted by molar-refractivity contribution is -0.120. The Kier molecular flexibility index (Phi) is 4.48. The van der Waals surface area contributed by atoms with Gasteiger partial charge in [-0.2, -0.15) is 0 Å². The number of carbonyl (C=O) groups excluding carboxylic acids is 1. The summed E-state index contributed by atoms with van der Waals surface area (Å²) in [6, 6.07) is 5.85. The minimum Gasteiger partial charge on any atom is -0.386 e. The molecule has 2 bridgehead atoms. The molecule has 0 heterocycles. The van der Waals surface area contributed by atoms with E-state index in [2.05, 4.69) is 30.4 Å². The lowest BCUT2D eigenvalue weighted by Gasteiger charge is -2.55. The quantitative estimate of drug-likeness (QED) is 0.650. The van der Waals surface area contributed by atoms with E-state index in [9.17, 15) is 4.79 Å². The van der Waals surface area contributed by atoms with Crippen LogP contribution in [0.5, 0.6) is 0 Å². The fourth-order valence-electron chi connectivity index (χ4n) is 3.81. The molecule has 3 aliphatic carbocycles. The summed E-state index contributed by atoms with van der Waals surface area (Å²) in [5.74, 6) is 1.19. The molecule has 1 amide bonds. The maximum Gasteiger partial charge on any atom is 0.265 e. The Bertz CT molecular complexity index is 704. The number of hydrogen-bond acceptors (Lipinski definition) is 3. The van der Waals surface area contributed by atoms with Crippen LogP contribution in [-0.2, 0) is 9.63 Å². The molecule has 1 aromatic rings. The molecule has 1 aromatic carbocycles. The first kappa shape index (κ1) is 16.7. The molecule has 24 heavy (non-hydrogen) atoms. The fourth-order valence-corrected chi connectivity index (χ4v) is 3.81. The van der Waals surface area contributed by atoms with E-state index >= 15 is 0 Å². The van der Waals surface area contributed by atoms with Gasteiger partial charge in [-0.05, 0) is 66.7 Å². The molecule has 1 saturated carbocycles. The SMILES string of the molecule is Cc1cccc(NC(=O)CO/N=C/C2=CCC3CC2C3(C)C)c1C. The maximum atomic E-state index is 12.0. The van der Waals surface area contributed by atoms with E-state index in [0.717, 1.165) is 29.2 Å². The number of amides is 1. The highest BCUT2D eigenvalue weighted by Crippen LogP contribution is 2.58. The zero-order valence-electron chi connectivity index (χ0n) is 14.9. The van der Waals surface area contributed by atoms with Crippen LogP contribution in [0, 0.1) is 31.1 Å². The van der Waals surface area contributed by atoms with Crippen molar-refractivity contribution in [2.24, 2.45) is 22.4 Å². The highest BCUT2D eigenvalue weighted by atomic mass is 16.6. The molecule has 2 atom stereocenters. The lowest BCUT2D eigenvalue weighted by atomic mass is 9.49.